The van der Waals surface area contributed by atoms with Crippen LogP contribution in [0.5, 0.6) is 5.75 Å². The molecule has 0 aromatic heterocycles. The van der Waals surface area contributed by atoms with Crippen LogP contribution in [0.2, 0.25) is 0 Å². The Kier molecular flexibility index (Phi) is 4.09. The summed E-state index contributed by atoms with van der Waals surface area (Å²) in [5.74, 6) is -2.80. The molecule has 0 amide bonds. The van der Waals surface area contributed by atoms with E-state index in [2.05, 4.69) is 4.18 Å². The van der Waals surface area contributed by atoms with Crippen LogP contribution in [0, 0.1) is 0 Å². The summed E-state index contributed by atoms with van der Waals surface area (Å²) in [6, 6.07) is 4.46. The summed E-state index contributed by atoms with van der Waals surface area (Å²) in [7, 11) is -5.76. The Bertz CT molecular complexity index is 579. The Morgan fingerprint density at radius 3 is 2.42 bits per heavy atom. The number of carboxylic acids is 1. The fourth-order valence-corrected chi connectivity index (χ4v) is 1.60. The number of rotatable bonds is 4. The molecule has 0 aliphatic heterocycles. The molecule has 1 atom stereocenters. The summed E-state index contributed by atoms with van der Waals surface area (Å²) in [5, 5.41) is 8.75. The molecular weight excluding hydrogens is 289 g/mol. The molecule has 0 radical (unpaired) electrons. The highest BCUT2D eigenvalue weighted by molar-refractivity contribution is 7.87. The lowest BCUT2D eigenvalue weighted by Crippen LogP contribution is -2.28. The van der Waals surface area contributed by atoms with Crippen molar-refractivity contribution >= 4 is 16.1 Å². The van der Waals surface area contributed by atoms with Gasteiger partial charge in [0.2, 0.25) is 0 Å². The number of aliphatic carboxylic acids is 1. The topological polar surface area (TPSA) is 80.7 Å². The van der Waals surface area contributed by atoms with Crippen molar-refractivity contribution in [3.05, 3.63) is 29.8 Å². The van der Waals surface area contributed by atoms with Gasteiger partial charge in [-0.3, -0.25) is 4.79 Å². The molecule has 0 saturated heterocycles. The smallest absolute Gasteiger partial charge is 0.481 e. The zero-order chi connectivity index (χ0) is 14.8. The van der Waals surface area contributed by atoms with Gasteiger partial charge in [-0.2, -0.15) is 21.6 Å². The number of hydrogen-bond donors (Lipinski definition) is 1. The van der Waals surface area contributed by atoms with Gasteiger partial charge in [0.05, 0.1) is 5.92 Å². The van der Waals surface area contributed by atoms with Gasteiger partial charge >= 0.3 is 21.6 Å². The molecule has 19 heavy (non-hydrogen) atoms. The molecule has 1 N–H and O–H groups in total. The van der Waals surface area contributed by atoms with E-state index >= 15 is 0 Å². The average molecular weight is 298 g/mol. The van der Waals surface area contributed by atoms with Gasteiger partial charge in [-0.05, 0) is 24.6 Å². The second kappa shape index (κ2) is 5.08. The van der Waals surface area contributed by atoms with E-state index < -0.39 is 33.3 Å². The van der Waals surface area contributed by atoms with Crippen LogP contribution in [-0.2, 0) is 14.9 Å². The minimum atomic E-state index is -5.76. The molecule has 0 spiro atoms. The largest absolute Gasteiger partial charge is 0.534 e. The predicted molar refractivity (Wildman–Crippen MR) is 58.1 cm³/mol. The normalized spacial score (nSPS) is 13.9. The first-order valence-corrected chi connectivity index (χ1v) is 6.29. The third-order valence-electron chi connectivity index (χ3n) is 2.22. The minimum Gasteiger partial charge on any atom is -0.481 e. The Morgan fingerprint density at radius 1 is 1.37 bits per heavy atom. The molecule has 0 heterocycles. The number of alkyl halides is 3. The highest BCUT2D eigenvalue weighted by atomic mass is 32.2. The molecule has 5 nitrogen and oxygen atoms in total. The molecule has 0 aliphatic rings. The number of halogens is 3. The van der Waals surface area contributed by atoms with Crippen molar-refractivity contribution in [3.8, 4) is 5.75 Å². The van der Waals surface area contributed by atoms with E-state index in [0.29, 0.717) is 0 Å². The standard InChI is InChI=1S/C10H9F3O5S/c1-6(9(14)15)7-3-2-4-8(5-7)18-19(16,17)10(11,12)13/h2-6H,1H3,(H,14,15). The fourth-order valence-electron chi connectivity index (χ4n) is 1.15. The zero-order valence-electron chi connectivity index (χ0n) is 9.51. The minimum absolute atomic E-state index is 0.127. The number of carbonyl (C=O) groups is 1. The van der Waals surface area contributed by atoms with Crippen LogP contribution in [0.1, 0.15) is 18.4 Å². The molecule has 0 fully saturated rings. The third kappa shape index (κ3) is 3.60. The average Bonchev–Trinajstić information content (AvgIpc) is 2.26. The van der Waals surface area contributed by atoms with Crippen molar-refractivity contribution in [1.82, 2.24) is 0 Å². The van der Waals surface area contributed by atoms with Crippen LogP contribution in [0.3, 0.4) is 0 Å². The second-order valence-electron chi connectivity index (χ2n) is 3.62. The van der Waals surface area contributed by atoms with Gasteiger partial charge < -0.3 is 9.29 Å². The first-order valence-electron chi connectivity index (χ1n) is 4.88. The lowest BCUT2D eigenvalue weighted by atomic mass is 10.0. The monoisotopic (exact) mass is 298 g/mol. The van der Waals surface area contributed by atoms with E-state index in [1.54, 1.807) is 0 Å². The molecule has 1 unspecified atom stereocenters. The maximum Gasteiger partial charge on any atom is 0.534 e. The molecule has 106 valence electrons. The van der Waals surface area contributed by atoms with E-state index in [0.717, 1.165) is 12.1 Å². The van der Waals surface area contributed by atoms with Crippen LogP contribution in [0.4, 0.5) is 13.2 Å². The lowest BCUT2D eigenvalue weighted by molar-refractivity contribution is -0.138. The lowest BCUT2D eigenvalue weighted by Gasteiger charge is -2.11. The number of hydrogen-bond acceptors (Lipinski definition) is 4. The van der Waals surface area contributed by atoms with Gasteiger partial charge in [0.25, 0.3) is 0 Å². The summed E-state index contributed by atoms with van der Waals surface area (Å²) in [6.07, 6.45) is 0. The molecular formula is C10H9F3O5S. The van der Waals surface area contributed by atoms with Crippen LogP contribution in [0.15, 0.2) is 24.3 Å². The van der Waals surface area contributed by atoms with Crippen molar-refractivity contribution in [2.24, 2.45) is 0 Å². The first-order chi connectivity index (χ1) is 8.54. The van der Waals surface area contributed by atoms with E-state index in [1.165, 1.54) is 19.1 Å². The second-order valence-corrected chi connectivity index (χ2v) is 5.15. The zero-order valence-corrected chi connectivity index (χ0v) is 10.3. The Hall–Kier alpha value is -1.77. The summed E-state index contributed by atoms with van der Waals surface area (Å²) in [5.41, 5.74) is -5.41. The van der Waals surface area contributed by atoms with Gasteiger partial charge in [-0.25, -0.2) is 0 Å². The Labute approximate surface area is 106 Å². The maximum atomic E-state index is 12.1. The van der Waals surface area contributed by atoms with E-state index in [1.807, 2.05) is 0 Å². The summed E-state index contributed by atoms with van der Waals surface area (Å²) < 4.78 is 61.7. The predicted octanol–water partition coefficient (Wildman–Crippen LogP) is 2.10. The van der Waals surface area contributed by atoms with Gasteiger partial charge in [0.15, 0.2) is 0 Å². The highest BCUT2D eigenvalue weighted by Gasteiger charge is 2.48. The molecule has 1 aromatic carbocycles. The van der Waals surface area contributed by atoms with Crippen molar-refractivity contribution in [3.63, 3.8) is 0 Å². The van der Waals surface area contributed by atoms with E-state index in [-0.39, 0.29) is 5.56 Å². The van der Waals surface area contributed by atoms with Gasteiger partial charge in [0, 0.05) is 0 Å². The fraction of sp³-hybridized carbons (Fsp3) is 0.300. The van der Waals surface area contributed by atoms with E-state index in [4.69, 9.17) is 5.11 Å². The van der Waals surface area contributed by atoms with Crippen LogP contribution < -0.4 is 4.18 Å². The van der Waals surface area contributed by atoms with Crippen LogP contribution >= 0.6 is 0 Å². The molecule has 1 aromatic rings. The Balaban J connectivity index is 3.06. The van der Waals surface area contributed by atoms with Gasteiger partial charge in [-0.15, -0.1) is 0 Å². The Morgan fingerprint density at radius 2 is 1.95 bits per heavy atom. The van der Waals surface area contributed by atoms with Gasteiger partial charge in [0.1, 0.15) is 5.75 Å². The summed E-state index contributed by atoms with van der Waals surface area (Å²) >= 11 is 0. The van der Waals surface area contributed by atoms with Crippen LogP contribution in [-0.4, -0.2) is 25.0 Å². The van der Waals surface area contributed by atoms with Crippen molar-refractivity contribution in [1.29, 1.82) is 0 Å². The van der Waals surface area contributed by atoms with Crippen molar-refractivity contribution < 1.29 is 35.7 Å². The summed E-state index contributed by atoms with van der Waals surface area (Å²) in [6.45, 7) is 1.31. The number of benzene rings is 1. The first kappa shape index (κ1) is 15.3. The maximum absolute atomic E-state index is 12.1. The SMILES string of the molecule is CC(C(=O)O)c1cccc(OS(=O)(=O)C(F)(F)F)c1. The number of carboxylic acid groups (broad SMARTS) is 1. The molecule has 0 saturated carbocycles. The quantitative estimate of drug-likeness (QED) is 0.680. The van der Waals surface area contributed by atoms with Gasteiger partial charge in [-0.1, -0.05) is 12.1 Å². The highest BCUT2D eigenvalue weighted by Crippen LogP contribution is 2.28. The molecule has 1 rings (SSSR count). The summed E-state index contributed by atoms with van der Waals surface area (Å²) in [4.78, 5) is 10.7. The molecule has 9 heteroatoms. The third-order valence-corrected chi connectivity index (χ3v) is 3.20. The van der Waals surface area contributed by atoms with E-state index in [9.17, 15) is 26.4 Å². The van der Waals surface area contributed by atoms with Crippen LogP contribution in [0.25, 0.3) is 0 Å². The van der Waals surface area contributed by atoms with Crippen molar-refractivity contribution in [2.75, 3.05) is 0 Å². The molecule has 0 aliphatic carbocycles. The molecule has 0 bridgehead atoms. The van der Waals surface area contributed by atoms with Crippen molar-refractivity contribution in [2.45, 2.75) is 18.3 Å².